The van der Waals surface area contributed by atoms with Crippen molar-refractivity contribution in [2.24, 2.45) is 0 Å². The van der Waals surface area contributed by atoms with Crippen LogP contribution in [0.4, 0.5) is 17.3 Å². The molecule has 1 aromatic heterocycles. The molecule has 0 spiro atoms. The van der Waals surface area contributed by atoms with E-state index in [4.69, 9.17) is 0 Å². The molecule has 39 heavy (non-hydrogen) atoms. The van der Waals surface area contributed by atoms with Crippen LogP contribution in [0, 0.1) is 0 Å². The fourth-order valence-corrected chi connectivity index (χ4v) is 5.79. The smallest absolute Gasteiger partial charge is 0.261 e. The summed E-state index contributed by atoms with van der Waals surface area (Å²) in [6, 6.07) is 23.1. The molecule has 204 valence electrons. The average molecular weight is 567 g/mol. The van der Waals surface area contributed by atoms with E-state index in [-0.39, 0.29) is 9.79 Å². The molecule has 4 aromatic rings. The van der Waals surface area contributed by atoms with Gasteiger partial charge in [-0.3, -0.25) is 4.72 Å². The first kappa shape index (κ1) is 28.2. The molecule has 0 radical (unpaired) electrons. The highest BCUT2D eigenvalue weighted by Gasteiger charge is 2.15. The number of hydrogen-bond donors (Lipinski definition) is 3. The lowest BCUT2D eigenvalue weighted by molar-refractivity contribution is 0.400. The lowest BCUT2D eigenvalue weighted by Crippen LogP contribution is -2.27. The quantitative estimate of drug-likeness (QED) is 0.220. The Morgan fingerprint density at radius 2 is 1.38 bits per heavy atom. The van der Waals surface area contributed by atoms with Gasteiger partial charge in [-0.2, -0.15) is 0 Å². The zero-order valence-corrected chi connectivity index (χ0v) is 23.2. The van der Waals surface area contributed by atoms with Gasteiger partial charge in [-0.15, -0.1) is 0 Å². The van der Waals surface area contributed by atoms with Gasteiger partial charge in [0.15, 0.2) is 0 Å². The largest absolute Gasteiger partial charge is 0.324 e. The van der Waals surface area contributed by atoms with Gasteiger partial charge in [0, 0.05) is 29.7 Å². The predicted molar refractivity (Wildman–Crippen MR) is 153 cm³/mol. The molecular weight excluding hydrogens is 536 g/mol. The molecule has 3 aromatic carbocycles. The van der Waals surface area contributed by atoms with Crippen LogP contribution >= 0.6 is 0 Å². The molecule has 0 aliphatic rings. The van der Waals surface area contributed by atoms with Crippen molar-refractivity contribution in [3.8, 4) is 11.3 Å². The van der Waals surface area contributed by atoms with E-state index in [1.807, 2.05) is 19.0 Å². The van der Waals surface area contributed by atoms with Crippen LogP contribution < -0.4 is 14.8 Å². The molecule has 3 N–H and O–H groups in total. The van der Waals surface area contributed by atoms with E-state index in [1.54, 1.807) is 66.9 Å². The third-order valence-electron chi connectivity index (χ3n) is 5.64. The van der Waals surface area contributed by atoms with Gasteiger partial charge in [-0.1, -0.05) is 30.3 Å². The van der Waals surface area contributed by atoms with Crippen LogP contribution in [-0.2, 0) is 20.0 Å². The Balaban J connectivity index is 1.40. The molecule has 0 aliphatic carbocycles. The van der Waals surface area contributed by atoms with Gasteiger partial charge in [0.05, 0.1) is 15.5 Å². The van der Waals surface area contributed by atoms with Crippen molar-refractivity contribution in [3.05, 3.63) is 91.1 Å². The minimum atomic E-state index is -3.68. The van der Waals surface area contributed by atoms with E-state index in [0.717, 1.165) is 12.1 Å². The summed E-state index contributed by atoms with van der Waals surface area (Å²) in [7, 11) is -3.39. The van der Waals surface area contributed by atoms with Crippen molar-refractivity contribution in [1.29, 1.82) is 0 Å². The highest BCUT2D eigenvalue weighted by Crippen LogP contribution is 2.23. The average Bonchev–Trinajstić information content (AvgIpc) is 2.92. The van der Waals surface area contributed by atoms with Crippen LogP contribution in [0.2, 0.25) is 0 Å². The Kier molecular flexibility index (Phi) is 8.92. The molecule has 0 amide bonds. The Hall–Kier alpha value is -3.84. The van der Waals surface area contributed by atoms with Crippen LogP contribution in [-0.4, -0.2) is 58.9 Å². The number of sulfonamides is 2. The topological polar surface area (TPSA) is 133 Å². The molecule has 0 saturated carbocycles. The maximum Gasteiger partial charge on any atom is 0.261 e. The summed E-state index contributed by atoms with van der Waals surface area (Å²) < 4.78 is 55.3. The number of aromatic nitrogens is 2. The van der Waals surface area contributed by atoms with Crippen molar-refractivity contribution in [2.75, 3.05) is 37.2 Å². The number of nitrogens with one attached hydrogen (secondary N) is 3. The molecule has 0 aliphatic heterocycles. The highest BCUT2D eigenvalue weighted by molar-refractivity contribution is 7.92. The molecule has 0 saturated heterocycles. The van der Waals surface area contributed by atoms with Crippen LogP contribution in [0.5, 0.6) is 0 Å². The van der Waals surface area contributed by atoms with Crippen LogP contribution in [0.15, 0.2) is 101 Å². The molecule has 1 heterocycles. The van der Waals surface area contributed by atoms with Gasteiger partial charge in [-0.25, -0.2) is 31.5 Å². The molecule has 0 unspecified atom stereocenters. The van der Waals surface area contributed by atoms with Crippen molar-refractivity contribution >= 4 is 37.4 Å². The van der Waals surface area contributed by atoms with E-state index in [1.165, 1.54) is 24.3 Å². The van der Waals surface area contributed by atoms with Gasteiger partial charge in [0.25, 0.3) is 10.0 Å². The van der Waals surface area contributed by atoms with E-state index < -0.39 is 20.0 Å². The number of anilines is 3. The summed E-state index contributed by atoms with van der Waals surface area (Å²) in [5.41, 5.74) is 2.46. The second kappa shape index (κ2) is 12.3. The summed E-state index contributed by atoms with van der Waals surface area (Å²) in [5.74, 6) is 0.332. The molecular formula is C27H30N6O4S2. The minimum absolute atomic E-state index is 0.176. The van der Waals surface area contributed by atoms with Crippen LogP contribution in [0.3, 0.4) is 0 Å². The molecule has 0 bridgehead atoms. The fourth-order valence-electron chi connectivity index (χ4n) is 3.63. The van der Waals surface area contributed by atoms with E-state index >= 15 is 0 Å². The Morgan fingerprint density at radius 1 is 0.744 bits per heavy atom. The fraction of sp³-hybridized carbons (Fsp3) is 0.185. The summed E-state index contributed by atoms with van der Waals surface area (Å²) in [4.78, 5) is 11.1. The molecule has 0 fully saturated rings. The molecule has 0 atom stereocenters. The second-order valence-electron chi connectivity index (χ2n) is 8.97. The Morgan fingerprint density at radius 3 is 2.05 bits per heavy atom. The van der Waals surface area contributed by atoms with E-state index in [9.17, 15) is 16.8 Å². The number of hydrogen-bond acceptors (Lipinski definition) is 8. The lowest BCUT2D eigenvalue weighted by atomic mass is 10.1. The molecule has 12 heteroatoms. The minimum Gasteiger partial charge on any atom is -0.324 e. The maximum absolute atomic E-state index is 12.6. The molecule has 4 rings (SSSR count). The highest BCUT2D eigenvalue weighted by atomic mass is 32.2. The zero-order chi connectivity index (χ0) is 27.9. The zero-order valence-electron chi connectivity index (χ0n) is 21.6. The second-order valence-corrected chi connectivity index (χ2v) is 12.4. The van der Waals surface area contributed by atoms with E-state index in [0.29, 0.717) is 36.0 Å². The van der Waals surface area contributed by atoms with E-state index in [2.05, 4.69) is 24.7 Å². The summed E-state index contributed by atoms with van der Waals surface area (Å²) >= 11 is 0. The summed E-state index contributed by atoms with van der Waals surface area (Å²) in [6.45, 7) is 1.16. The van der Waals surface area contributed by atoms with Crippen molar-refractivity contribution in [3.63, 3.8) is 0 Å². The number of benzene rings is 3. The first-order valence-corrected chi connectivity index (χ1v) is 15.1. The van der Waals surface area contributed by atoms with Gasteiger partial charge < -0.3 is 10.2 Å². The third-order valence-corrected chi connectivity index (χ3v) is 8.51. The third kappa shape index (κ3) is 7.83. The predicted octanol–water partition coefficient (Wildman–Crippen LogP) is 3.92. The van der Waals surface area contributed by atoms with Gasteiger partial charge >= 0.3 is 0 Å². The number of nitrogens with zero attached hydrogens (tertiary/aromatic N) is 3. The monoisotopic (exact) mass is 566 g/mol. The Bertz CT molecular complexity index is 1590. The standard InChI is InChI=1S/C27H30N6O4S2/c1-33(2)20-6-18-29-38(34,35)25-15-13-22(14-16-25)30-27-28-19-17-26(31-27)21-9-11-23(12-10-21)32-39(36,37)24-7-4-3-5-8-24/h3-5,7-17,19,29,32H,6,18,20H2,1-2H3,(H,28,30,31). The van der Waals surface area contributed by atoms with Crippen molar-refractivity contribution < 1.29 is 16.8 Å². The van der Waals surface area contributed by atoms with Crippen molar-refractivity contribution in [2.45, 2.75) is 16.2 Å². The number of rotatable bonds is 12. The first-order valence-electron chi connectivity index (χ1n) is 12.2. The summed E-state index contributed by atoms with van der Waals surface area (Å²) in [6.07, 6.45) is 2.32. The normalized spacial score (nSPS) is 11.9. The van der Waals surface area contributed by atoms with Crippen LogP contribution in [0.1, 0.15) is 6.42 Å². The molecule has 10 nitrogen and oxygen atoms in total. The van der Waals surface area contributed by atoms with Crippen molar-refractivity contribution in [1.82, 2.24) is 19.6 Å². The van der Waals surface area contributed by atoms with Crippen LogP contribution in [0.25, 0.3) is 11.3 Å². The first-order chi connectivity index (χ1) is 18.6. The van der Waals surface area contributed by atoms with Gasteiger partial charge in [0.1, 0.15) is 0 Å². The maximum atomic E-state index is 12.6. The van der Waals surface area contributed by atoms with Gasteiger partial charge in [0.2, 0.25) is 16.0 Å². The SMILES string of the molecule is CN(C)CCCNS(=O)(=O)c1ccc(Nc2nccc(-c3ccc(NS(=O)(=O)c4ccccc4)cc3)n2)cc1. The Labute approximate surface area is 229 Å². The lowest BCUT2D eigenvalue weighted by Gasteiger charge is -2.11. The summed E-state index contributed by atoms with van der Waals surface area (Å²) in [5, 5.41) is 3.08. The van der Waals surface area contributed by atoms with Gasteiger partial charge in [-0.05, 0) is 81.7 Å².